The molecule has 1 atom stereocenters. The zero-order chi connectivity index (χ0) is 23.7. The van der Waals surface area contributed by atoms with Gasteiger partial charge in [0.15, 0.2) is 5.52 Å². The van der Waals surface area contributed by atoms with Gasteiger partial charge in [0, 0.05) is 16.3 Å². The van der Waals surface area contributed by atoms with Crippen molar-refractivity contribution in [2.75, 3.05) is 12.4 Å². The first-order valence-corrected chi connectivity index (χ1v) is 10.8. The summed E-state index contributed by atoms with van der Waals surface area (Å²) in [6.07, 6.45) is 0.336. The third-order valence-electron chi connectivity index (χ3n) is 5.51. The number of hydrogen-bond acceptors (Lipinski definition) is 6. The maximum atomic E-state index is 13.2. The molecule has 0 radical (unpaired) electrons. The van der Waals surface area contributed by atoms with Gasteiger partial charge in [0.1, 0.15) is 23.2 Å². The number of halogens is 1. The number of nitrogens with zero attached hydrogens (tertiary/aromatic N) is 3. The highest BCUT2D eigenvalue weighted by molar-refractivity contribution is 6.31. The van der Waals surface area contributed by atoms with E-state index in [4.69, 9.17) is 20.9 Å². The number of amides is 1. The standard InChI is InChI=1S/C24H23ClN4O4/c1-5-19(23(30)26-16-9-6-13(2)18(25)12-16)29-24(31)22-20(14(3)33-28-22)21(27-29)15-7-10-17(32-4)11-8-15/h6-12,19H,5H2,1-4H3,(H,26,30)/t19-/m0/s1. The topological polar surface area (TPSA) is 99.2 Å². The highest BCUT2D eigenvalue weighted by Gasteiger charge is 2.26. The molecule has 0 spiro atoms. The summed E-state index contributed by atoms with van der Waals surface area (Å²) in [7, 11) is 1.58. The average molecular weight is 467 g/mol. The molecule has 2 aromatic heterocycles. The third-order valence-corrected chi connectivity index (χ3v) is 5.91. The van der Waals surface area contributed by atoms with E-state index in [9.17, 15) is 9.59 Å². The second-order valence-electron chi connectivity index (χ2n) is 7.67. The normalized spacial score (nSPS) is 12.0. The molecule has 0 aliphatic rings. The van der Waals surface area contributed by atoms with Crippen molar-refractivity contribution >= 4 is 34.1 Å². The SMILES string of the molecule is CC[C@@H](C(=O)Nc1ccc(C)c(Cl)c1)n1nc(-c2ccc(OC)cc2)c2c(C)onc2c1=O. The van der Waals surface area contributed by atoms with E-state index in [0.29, 0.717) is 39.7 Å². The Labute approximate surface area is 195 Å². The summed E-state index contributed by atoms with van der Waals surface area (Å²) in [5.74, 6) is 0.777. The molecular weight excluding hydrogens is 444 g/mol. The number of carbonyl (C=O) groups is 1. The predicted octanol–water partition coefficient (Wildman–Crippen LogP) is 4.92. The van der Waals surface area contributed by atoms with Crippen LogP contribution in [0, 0.1) is 13.8 Å². The summed E-state index contributed by atoms with van der Waals surface area (Å²) in [6, 6.07) is 11.6. The second-order valence-corrected chi connectivity index (χ2v) is 8.07. The third kappa shape index (κ3) is 4.21. The number of aromatic nitrogens is 3. The van der Waals surface area contributed by atoms with Crippen molar-refractivity contribution in [3.05, 3.63) is 69.2 Å². The van der Waals surface area contributed by atoms with E-state index in [-0.39, 0.29) is 11.4 Å². The summed E-state index contributed by atoms with van der Waals surface area (Å²) in [6.45, 7) is 5.41. The molecule has 4 aromatic rings. The summed E-state index contributed by atoms with van der Waals surface area (Å²) >= 11 is 6.18. The van der Waals surface area contributed by atoms with Gasteiger partial charge >= 0.3 is 0 Å². The number of rotatable bonds is 6. The maximum Gasteiger partial charge on any atom is 0.297 e. The van der Waals surface area contributed by atoms with Gasteiger partial charge in [0.05, 0.1) is 12.5 Å². The Morgan fingerprint density at radius 1 is 1.21 bits per heavy atom. The van der Waals surface area contributed by atoms with Crippen LogP contribution in [0.25, 0.3) is 22.2 Å². The van der Waals surface area contributed by atoms with Gasteiger partial charge in [-0.3, -0.25) is 9.59 Å². The number of anilines is 1. The molecule has 9 heteroatoms. The van der Waals surface area contributed by atoms with Crippen LogP contribution >= 0.6 is 11.6 Å². The van der Waals surface area contributed by atoms with Crippen LogP contribution in [-0.2, 0) is 4.79 Å². The zero-order valence-corrected chi connectivity index (χ0v) is 19.4. The van der Waals surface area contributed by atoms with E-state index >= 15 is 0 Å². The first kappa shape index (κ1) is 22.5. The maximum absolute atomic E-state index is 13.2. The fraction of sp³-hybridized carbons (Fsp3) is 0.250. The minimum absolute atomic E-state index is 0.123. The van der Waals surface area contributed by atoms with Gasteiger partial charge in [-0.15, -0.1) is 0 Å². The van der Waals surface area contributed by atoms with E-state index < -0.39 is 11.6 Å². The largest absolute Gasteiger partial charge is 0.497 e. The molecule has 8 nitrogen and oxygen atoms in total. The van der Waals surface area contributed by atoms with Crippen molar-refractivity contribution in [1.29, 1.82) is 0 Å². The lowest BCUT2D eigenvalue weighted by Crippen LogP contribution is -2.35. The lowest BCUT2D eigenvalue weighted by atomic mass is 10.1. The Bertz CT molecular complexity index is 1390. The minimum Gasteiger partial charge on any atom is -0.497 e. The van der Waals surface area contributed by atoms with Crippen molar-refractivity contribution < 1.29 is 14.1 Å². The lowest BCUT2D eigenvalue weighted by molar-refractivity contribution is -0.119. The number of hydrogen-bond donors (Lipinski definition) is 1. The van der Waals surface area contributed by atoms with Crippen molar-refractivity contribution in [3.63, 3.8) is 0 Å². The molecule has 1 N–H and O–H groups in total. The van der Waals surface area contributed by atoms with Crippen LogP contribution in [0.4, 0.5) is 5.69 Å². The van der Waals surface area contributed by atoms with E-state index in [1.54, 1.807) is 38.3 Å². The van der Waals surface area contributed by atoms with Gasteiger partial charge in [-0.05, 0) is 62.2 Å². The Hall–Kier alpha value is -3.65. The molecule has 0 fully saturated rings. The van der Waals surface area contributed by atoms with Gasteiger partial charge < -0.3 is 14.6 Å². The van der Waals surface area contributed by atoms with E-state index in [0.717, 1.165) is 11.1 Å². The zero-order valence-electron chi connectivity index (χ0n) is 18.7. The first-order valence-electron chi connectivity index (χ1n) is 10.4. The van der Waals surface area contributed by atoms with Gasteiger partial charge in [-0.1, -0.05) is 29.7 Å². The summed E-state index contributed by atoms with van der Waals surface area (Å²) in [5.41, 5.74) is 2.30. The Balaban J connectivity index is 1.81. The smallest absolute Gasteiger partial charge is 0.297 e. The lowest BCUT2D eigenvalue weighted by Gasteiger charge is -2.18. The fourth-order valence-electron chi connectivity index (χ4n) is 3.64. The van der Waals surface area contributed by atoms with Crippen LogP contribution in [0.15, 0.2) is 51.8 Å². The molecule has 0 bridgehead atoms. The number of ether oxygens (including phenoxy) is 1. The van der Waals surface area contributed by atoms with Gasteiger partial charge in [0.2, 0.25) is 5.91 Å². The molecule has 33 heavy (non-hydrogen) atoms. The van der Waals surface area contributed by atoms with Crippen molar-refractivity contribution in [3.8, 4) is 17.0 Å². The molecular formula is C24H23ClN4O4. The van der Waals surface area contributed by atoms with Crippen LogP contribution in [0.5, 0.6) is 5.75 Å². The Kier molecular flexibility index (Phi) is 6.20. The van der Waals surface area contributed by atoms with Crippen molar-refractivity contribution in [1.82, 2.24) is 14.9 Å². The van der Waals surface area contributed by atoms with Crippen LogP contribution < -0.4 is 15.6 Å². The van der Waals surface area contributed by atoms with Crippen LogP contribution in [-0.4, -0.2) is 28.0 Å². The number of carbonyl (C=O) groups excluding carboxylic acids is 1. The monoisotopic (exact) mass is 466 g/mol. The molecule has 2 heterocycles. The molecule has 0 aliphatic carbocycles. The molecule has 0 saturated carbocycles. The van der Waals surface area contributed by atoms with Crippen LogP contribution in [0.1, 0.15) is 30.7 Å². The Morgan fingerprint density at radius 3 is 2.58 bits per heavy atom. The number of nitrogens with one attached hydrogen (secondary N) is 1. The van der Waals surface area contributed by atoms with Gasteiger partial charge in [0.25, 0.3) is 5.56 Å². The van der Waals surface area contributed by atoms with Crippen molar-refractivity contribution in [2.24, 2.45) is 0 Å². The highest BCUT2D eigenvalue weighted by atomic mass is 35.5. The molecule has 1 amide bonds. The molecule has 0 unspecified atom stereocenters. The predicted molar refractivity (Wildman–Crippen MR) is 127 cm³/mol. The van der Waals surface area contributed by atoms with Crippen molar-refractivity contribution in [2.45, 2.75) is 33.2 Å². The molecule has 4 rings (SSSR count). The quantitative estimate of drug-likeness (QED) is 0.433. The summed E-state index contributed by atoms with van der Waals surface area (Å²) < 4.78 is 11.7. The van der Waals surface area contributed by atoms with Crippen LogP contribution in [0.2, 0.25) is 5.02 Å². The fourth-order valence-corrected chi connectivity index (χ4v) is 3.82. The van der Waals surface area contributed by atoms with E-state index in [1.165, 1.54) is 4.68 Å². The number of aryl methyl sites for hydroxylation is 2. The second kappa shape index (κ2) is 9.07. The van der Waals surface area contributed by atoms with Gasteiger partial charge in [-0.25, -0.2) is 4.68 Å². The highest BCUT2D eigenvalue weighted by Crippen LogP contribution is 2.29. The average Bonchev–Trinajstić information content (AvgIpc) is 3.20. The van der Waals surface area contributed by atoms with E-state index in [2.05, 4.69) is 15.6 Å². The molecule has 0 aliphatic heterocycles. The number of methoxy groups -OCH3 is 1. The molecule has 170 valence electrons. The Morgan fingerprint density at radius 2 is 1.94 bits per heavy atom. The molecule has 0 saturated heterocycles. The minimum atomic E-state index is -0.865. The summed E-state index contributed by atoms with van der Waals surface area (Å²) in [4.78, 5) is 26.4. The first-order chi connectivity index (χ1) is 15.8. The molecule has 2 aromatic carbocycles. The van der Waals surface area contributed by atoms with Crippen LogP contribution in [0.3, 0.4) is 0 Å². The summed E-state index contributed by atoms with van der Waals surface area (Å²) in [5, 5.41) is 12.4. The number of fused-ring (bicyclic) bond motifs is 1. The van der Waals surface area contributed by atoms with Gasteiger partial charge in [-0.2, -0.15) is 5.10 Å². The number of benzene rings is 2. The van der Waals surface area contributed by atoms with E-state index in [1.807, 2.05) is 32.0 Å².